The Labute approximate surface area is 223 Å². The summed E-state index contributed by atoms with van der Waals surface area (Å²) in [4.78, 5) is 0.758. The van der Waals surface area contributed by atoms with E-state index in [9.17, 15) is 62.2 Å². The number of hydrogen-bond donors (Lipinski definition) is 1. The highest BCUT2D eigenvalue weighted by atomic mass is 19.4. The molecule has 1 atom stereocenters. The summed E-state index contributed by atoms with van der Waals surface area (Å²) >= 11 is 0. The predicted octanol–water partition coefficient (Wildman–Crippen LogP) is 8.59. The molecule has 0 aliphatic carbocycles. The van der Waals surface area contributed by atoms with Crippen molar-refractivity contribution in [2.45, 2.75) is 43.0 Å². The number of halogens is 13. The first kappa shape index (κ1) is 32.0. The van der Waals surface area contributed by atoms with Gasteiger partial charge in [0.15, 0.2) is 6.10 Å². The highest BCUT2D eigenvalue weighted by Gasteiger charge is 2.73. The Morgan fingerprint density at radius 3 is 1.73 bits per heavy atom. The van der Waals surface area contributed by atoms with Crippen LogP contribution in [0.15, 0.2) is 72.8 Å². The van der Waals surface area contributed by atoms with E-state index < -0.39 is 66.3 Å². The van der Waals surface area contributed by atoms with Gasteiger partial charge in [-0.1, -0.05) is 42.5 Å². The van der Waals surface area contributed by atoms with Crippen LogP contribution < -0.4 is 4.90 Å². The van der Waals surface area contributed by atoms with Crippen LogP contribution in [0.4, 0.5) is 62.8 Å². The first-order valence-corrected chi connectivity index (χ1v) is 11.3. The number of hydrogen-bond acceptors (Lipinski definition) is 2. The molecule has 0 saturated heterocycles. The van der Waals surface area contributed by atoms with Crippen LogP contribution in [-0.2, 0) is 18.6 Å². The van der Waals surface area contributed by atoms with Crippen molar-refractivity contribution >= 4 is 5.69 Å². The molecular formula is C26H18F13NO. The number of alkyl halides is 13. The molecule has 2 nitrogen and oxygen atoms in total. The van der Waals surface area contributed by atoms with Crippen molar-refractivity contribution in [2.24, 2.45) is 0 Å². The normalized spacial score (nSPS) is 14.2. The molecule has 0 radical (unpaired) electrons. The first-order chi connectivity index (χ1) is 18.6. The van der Waals surface area contributed by atoms with Crippen molar-refractivity contribution < 1.29 is 62.2 Å². The Morgan fingerprint density at radius 2 is 1.17 bits per heavy atom. The number of aliphatic hydroxyl groups is 1. The van der Waals surface area contributed by atoms with Crippen LogP contribution in [0.3, 0.4) is 0 Å². The van der Waals surface area contributed by atoms with Gasteiger partial charge in [0.2, 0.25) is 0 Å². The molecule has 224 valence electrons. The van der Waals surface area contributed by atoms with Crippen LogP contribution in [0.25, 0.3) is 11.1 Å². The van der Waals surface area contributed by atoms with Crippen molar-refractivity contribution in [2.75, 3.05) is 11.4 Å². The largest absolute Gasteiger partial charge is 0.460 e. The average molecular weight is 607 g/mol. The van der Waals surface area contributed by atoms with Gasteiger partial charge in [-0.15, -0.1) is 0 Å². The number of nitrogens with zero attached hydrogens (tertiary/aromatic N) is 1. The predicted molar refractivity (Wildman–Crippen MR) is 121 cm³/mol. The van der Waals surface area contributed by atoms with Crippen molar-refractivity contribution in [3.05, 3.63) is 89.5 Å². The van der Waals surface area contributed by atoms with E-state index in [4.69, 9.17) is 0 Å². The Kier molecular flexibility index (Phi) is 8.64. The van der Waals surface area contributed by atoms with Gasteiger partial charge >= 0.3 is 30.4 Å². The molecular weight excluding hydrogens is 589 g/mol. The van der Waals surface area contributed by atoms with E-state index in [1.54, 1.807) is 0 Å². The summed E-state index contributed by atoms with van der Waals surface area (Å²) in [5.74, 6) is -12.2. The van der Waals surface area contributed by atoms with Crippen molar-refractivity contribution in [3.8, 4) is 11.1 Å². The molecule has 0 bridgehead atoms. The monoisotopic (exact) mass is 607 g/mol. The molecule has 0 aliphatic rings. The standard InChI is InChI=1S/C26H18F13NO/c27-22(28,25(35,36)26(37,38)39)18-7-1-4-15(10-18)13-40(14-21(41)24(32,33)34)20-9-3-6-17(12-20)16-5-2-8-19(11-16)23(29,30)31/h1-12,21,41H,13-14H2/t21-/m1/s1. The minimum Gasteiger partial charge on any atom is -0.382 e. The second-order valence-corrected chi connectivity index (χ2v) is 8.91. The first-order valence-electron chi connectivity index (χ1n) is 11.3. The molecule has 3 aromatic rings. The quantitative estimate of drug-likeness (QED) is 0.260. The third kappa shape index (κ3) is 7.05. The Balaban J connectivity index is 2.04. The summed E-state index contributed by atoms with van der Waals surface area (Å²) in [5, 5.41) is 9.65. The highest BCUT2D eigenvalue weighted by Crippen LogP contribution is 2.51. The Morgan fingerprint density at radius 1 is 0.634 bits per heavy atom. The molecule has 15 heteroatoms. The third-order valence-electron chi connectivity index (χ3n) is 5.92. The number of anilines is 1. The molecule has 0 fully saturated rings. The fraction of sp³-hybridized carbons (Fsp3) is 0.308. The summed E-state index contributed by atoms with van der Waals surface area (Å²) < 4.78 is 172. The molecule has 0 amide bonds. The van der Waals surface area contributed by atoms with Crippen LogP contribution in [0.2, 0.25) is 0 Å². The van der Waals surface area contributed by atoms with Crippen LogP contribution in [-0.4, -0.2) is 36.0 Å². The summed E-state index contributed by atoms with van der Waals surface area (Å²) in [6, 6.07) is 11.0. The molecule has 1 N–H and O–H groups in total. The van der Waals surface area contributed by atoms with E-state index in [-0.39, 0.29) is 28.9 Å². The zero-order valence-electron chi connectivity index (χ0n) is 20.2. The van der Waals surface area contributed by atoms with Crippen LogP contribution >= 0.6 is 0 Å². The summed E-state index contributed by atoms with van der Waals surface area (Å²) in [6.45, 7) is -2.06. The van der Waals surface area contributed by atoms with Gasteiger partial charge in [0.05, 0.1) is 12.1 Å². The maximum absolute atomic E-state index is 14.2. The zero-order valence-corrected chi connectivity index (χ0v) is 20.2. The van der Waals surface area contributed by atoms with Gasteiger partial charge in [0, 0.05) is 17.8 Å². The van der Waals surface area contributed by atoms with Gasteiger partial charge in [-0.05, 0) is 47.0 Å². The summed E-state index contributed by atoms with van der Waals surface area (Å²) in [5.41, 5.74) is -3.33. The number of benzene rings is 3. The van der Waals surface area contributed by atoms with E-state index in [1.165, 1.54) is 24.3 Å². The lowest BCUT2D eigenvalue weighted by Crippen LogP contribution is -2.50. The fourth-order valence-corrected chi connectivity index (χ4v) is 3.78. The molecule has 0 heterocycles. The molecule has 3 aromatic carbocycles. The van der Waals surface area contributed by atoms with Gasteiger partial charge in [0.1, 0.15) is 0 Å². The molecule has 0 aromatic heterocycles. The fourth-order valence-electron chi connectivity index (χ4n) is 3.78. The maximum Gasteiger partial charge on any atom is 0.460 e. The Bertz CT molecular complexity index is 1350. The maximum atomic E-state index is 14.2. The average Bonchev–Trinajstić information content (AvgIpc) is 2.87. The highest BCUT2D eigenvalue weighted by molar-refractivity contribution is 5.69. The van der Waals surface area contributed by atoms with E-state index in [2.05, 4.69) is 0 Å². The van der Waals surface area contributed by atoms with Crippen molar-refractivity contribution in [1.29, 1.82) is 0 Å². The van der Waals surface area contributed by atoms with Gasteiger partial charge < -0.3 is 10.0 Å². The second kappa shape index (κ2) is 11.1. The van der Waals surface area contributed by atoms with E-state index in [1.807, 2.05) is 0 Å². The summed E-state index contributed by atoms with van der Waals surface area (Å²) in [7, 11) is 0. The van der Waals surface area contributed by atoms with Gasteiger partial charge in [-0.3, -0.25) is 0 Å². The number of rotatable bonds is 8. The minimum absolute atomic E-state index is 0.00554. The SMILES string of the molecule is O[C@H](CN(Cc1cccc(C(F)(F)C(F)(F)C(F)(F)F)c1)c1cccc(-c2cccc(C(F)(F)F)c2)c1)C(F)(F)F. The molecule has 0 saturated carbocycles. The van der Waals surface area contributed by atoms with Crippen molar-refractivity contribution in [1.82, 2.24) is 0 Å². The van der Waals surface area contributed by atoms with Crippen LogP contribution in [0, 0.1) is 0 Å². The molecule has 0 spiro atoms. The zero-order chi connectivity index (χ0) is 31.0. The second-order valence-electron chi connectivity index (χ2n) is 8.91. The Hall–Kier alpha value is -3.49. The van der Waals surface area contributed by atoms with Gasteiger partial charge in [-0.2, -0.15) is 57.1 Å². The van der Waals surface area contributed by atoms with E-state index >= 15 is 0 Å². The van der Waals surface area contributed by atoms with Gasteiger partial charge in [-0.25, -0.2) is 0 Å². The topological polar surface area (TPSA) is 23.5 Å². The van der Waals surface area contributed by atoms with E-state index in [0.717, 1.165) is 35.2 Å². The lowest BCUT2D eigenvalue weighted by atomic mass is 9.99. The molecule has 0 unspecified atom stereocenters. The molecule has 0 aliphatic heterocycles. The number of aliphatic hydroxyl groups excluding tert-OH is 1. The molecule has 41 heavy (non-hydrogen) atoms. The smallest absolute Gasteiger partial charge is 0.382 e. The molecule has 3 rings (SSSR count). The van der Waals surface area contributed by atoms with Crippen LogP contribution in [0.1, 0.15) is 16.7 Å². The van der Waals surface area contributed by atoms with Crippen molar-refractivity contribution in [3.63, 3.8) is 0 Å². The summed E-state index contributed by atoms with van der Waals surface area (Å²) in [6.07, 6.45) is -19.6. The minimum atomic E-state index is -6.63. The lowest BCUT2D eigenvalue weighted by Gasteiger charge is -2.30. The van der Waals surface area contributed by atoms with E-state index in [0.29, 0.717) is 6.07 Å². The third-order valence-corrected chi connectivity index (χ3v) is 5.92. The lowest BCUT2D eigenvalue weighted by molar-refractivity contribution is -0.359. The van der Waals surface area contributed by atoms with Gasteiger partial charge in [0.25, 0.3) is 0 Å². The van der Waals surface area contributed by atoms with Crippen LogP contribution in [0.5, 0.6) is 0 Å².